The maximum atomic E-state index is 13.4. The second-order valence-electron chi connectivity index (χ2n) is 5.89. The fraction of sp³-hybridized carbons (Fsp3) is 0.600. The lowest BCUT2D eigenvalue weighted by Gasteiger charge is -2.46. The highest BCUT2D eigenvalue weighted by atomic mass is 19.1. The van der Waals surface area contributed by atoms with Gasteiger partial charge in [-0.1, -0.05) is 6.92 Å². The monoisotopic (exact) mass is 250 g/mol. The van der Waals surface area contributed by atoms with Crippen molar-refractivity contribution in [1.29, 1.82) is 0 Å². The molecule has 100 valence electrons. The van der Waals surface area contributed by atoms with Gasteiger partial charge in [-0.2, -0.15) is 0 Å². The summed E-state index contributed by atoms with van der Waals surface area (Å²) < 4.78 is 13.4. The summed E-state index contributed by atoms with van der Waals surface area (Å²) in [6, 6.07) is 5.92. The third-order valence-electron chi connectivity index (χ3n) is 3.77. The Bertz CT molecular complexity index is 429. The number of anilines is 1. The fourth-order valence-corrected chi connectivity index (χ4v) is 2.59. The number of piperazine rings is 1. The first-order chi connectivity index (χ1) is 8.43. The van der Waals surface area contributed by atoms with Crippen LogP contribution in [-0.4, -0.2) is 24.7 Å². The van der Waals surface area contributed by atoms with E-state index in [1.165, 1.54) is 0 Å². The van der Waals surface area contributed by atoms with Gasteiger partial charge in [0, 0.05) is 30.4 Å². The second kappa shape index (κ2) is 4.88. The Morgan fingerprint density at radius 3 is 2.78 bits per heavy atom. The van der Waals surface area contributed by atoms with Crippen LogP contribution in [-0.2, 0) is 0 Å². The first-order valence-electron chi connectivity index (χ1n) is 6.71. The molecule has 0 spiro atoms. The largest absolute Gasteiger partial charge is 0.365 e. The minimum atomic E-state index is -0.124. The Hall–Kier alpha value is -1.09. The van der Waals surface area contributed by atoms with E-state index in [1.807, 2.05) is 19.1 Å². The molecule has 1 heterocycles. The molecule has 2 rings (SSSR count). The van der Waals surface area contributed by atoms with E-state index in [2.05, 4.69) is 31.0 Å². The number of hydrogen-bond donors (Lipinski definition) is 1. The Balaban J connectivity index is 2.29. The normalized spacial score (nSPS) is 23.2. The van der Waals surface area contributed by atoms with E-state index in [9.17, 15) is 4.39 Å². The zero-order chi connectivity index (χ0) is 13.3. The average molecular weight is 250 g/mol. The van der Waals surface area contributed by atoms with Crippen molar-refractivity contribution >= 4 is 5.69 Å². The Morgan fingerprint density at radius 2 is 2.17 bits per heavy atom. The number of nitrogens with one attached hydrogen (secondary N) is 1. The highest BCUT2D eigenvalue weighted by molar-refractivity contribution is 5.51. The van der Waals surface area contributed by atoms with Gasteiger partial charge in [-0.15, -0.1) is 0 Å². The molecule has 0 amide bonds. The van der Waals surface area contributed by atoms with Crippen LogP contribution in [0.1, 0.15) is 32.8 Å². The van der Waals surface area contributed by atoms with E-state index >= 15 is 0 Å². The van der Waals surface area contributed by atoms with E-state index in [1.54, 1.807) is 6.07 Å². The standard InChI is InChI=1S/C15H23FN2/c1-5-12-9-17-15(3,4)10-18(12)13-6-7-14(16)11(2)8-13/h6-8,12,17H,5,9-10H2,1-4H3. The number of rotatable bonds is 2. The molecule has 2 nitrogen and oxygen atoms in total. The molecule has 0 aliphatic carbocycles. The van der Waals surface area contributed by atoms with Crippen molar-refractivity contribution in [1.82, 2.24) is 5.32 Å². The van der Waals surface area contributed by atoms with Crippen molar-refractivity contribution in [3.8, 4) is 0 Å². The van der Waals surface area contributed by atoms with Gasteiger partial charge in [0.1, 0.15) is 5.82 Å². The van der Waals surface area contributed by atoms with Gasteiger partial charge < -0.3 is 10.2 Å². The molecule has 1 aromatic carbocycles. The third-order valence-corrected chi connectivity index (χ3v) is 3.77. The van der Waals surface area contributed by atoms with Crippen LogP contribution in [0, 0.1) is 12.7 Å². The summed E-state index contributed by atoms with van der Waals surface area (Å²) in [5, 5.41) is 3.57. The summed E-state index contributed by atoms with van der Waals surface area (Å²) in [6.07, 6.45) is 1.10. The smallest absolute Gasteiger partial charge is 0.126 e. The van der Waals surface area contributed by atoms with Gasteiger partial charge in [0.2, 0.25) is 0 Å². The van der Waals surface area contributed by atoms with E-state index in [-0.39, 0.29) is 11.4 Å². The first kappa shape index (κ1) is 13.3. The molecule has 1 aliphatic heterocycles. The summed E-state index contributed by atoms with van der Waals surface area (Å²) in [6.45, 7) is 10.4. The zero-order valence-electron chi connectivity index (χ0n) is 11.8. The lowest BCUT2D eigenvalue weighted by atomic mass is 9.96. The van der Waals surface area contributed by atoms with Crippen molar-refractivity contribution in [2.75, 3.05) is 18.0 Å². The number of halogens is 1. The molecule has 1 saturated heterocycles. The number of aryl methyl sites for hydroxylation is 1. The molecule has 1 atom stereocenters. The van der Waals surface area contributed by atoms with E-state index in [0.717, 1.165) is 30.8 Å². The average Bonchev–Trinajstić information content (AvgIpc) is 2.32. The topological polar surface area (TPSA) is 15.3 Å². The van der Waals surface area contributed by atoms with Crippen molar-refractivity contribution in [2.24, 2.45) is 0 Å². The van der Waals surface area contributed by atoms with Crippen LogP contribution in [0.25, 0.3) is 0 Å². The Labute approximate surface area is 109 Å². The molecule has 0 radical (unpaired) electrons. The Kier molecular flexibility index (Phi) is 3.62. The second-order valence-corrected chi connectivity index (χ2v) is 5.89. The van der Waals surface area contributed by atoms with Gasteiger partial charge in [0.05, 0.1) is 0 Å². The first-order valence-corrected chi connectivity index (χ1v) is 6.71. The molecule has 1 aliphatic rings. The summed E-state index contributed by atoms with van der Waals surface area (Å²) >= 11 is 0. The summed E-state index contributed by atoms with van der Waals surface area (Å²) in [7, 11) is 0. The number of hydrogen-bond acceptors (Lipinski definition) is 2. The maximum Gasteiger partial charge on any atom is 0.126 e. The zero-order valence-corrected chi connectivity index (χ0v) is 11.8. The highest BCUT2D eigenvalue weighted by Gasteiger charge is 2.31. The van der Waals surface area contributed by atoms with E-state index in [4.69, 9.17) is 0 Å². The van der Waals surface area contributed by atoms with Crippen LogP contribution in [0.4, 0.5) is 10.1 Å². The lowest BCUT2D eigenvalue weighted by Crippen LogP contribution is -2.61. The Morgan fingerprint density at radius 1 is 1.44 bits per heavy atom. The summed E-state index contributed by atoms with van der Waals surface area (Å²) in [5.41, 5.74) is 1.96. The molecule has 0 saturated carbocycles. The molecule has 1 N–H and O–H groups in total. The quantitative estimate of drug-likeness (QED) is 0.867. The van der Waals surface area contributed by atoms with E-state index in [0.29, 0.717) is 6.04 Å². The summed E-state index contributed by atoms with van der Waals surface area (Å²) in [4.78, 5) is 2.41. The van der Waals surface area contributed by atoms with Gasteiger partial charge in [-0.25, -0.2) is 4.39 Å². The number of benzene rings is 1. The van der Waals surface area contributed by atoms with Crippen LogP contribution in [0.5, 0.6) is 0 Å². The van der Waals surface area contributed by atoms with Crippen molar-refractivity contribution in [3.63, 3.8) is 0 Å². The fourth-order valence-electron chi connectivity index (χ4n) is 2.59. The van der Waals surface area contributed by atoms with Gasteiger partial charge in [-0.3, -0.25) is 0 Å². The van der Waals surface area contributed by atoms with Gasteiger partial charge >= 0.3 is 0 Å². The predicted molar refractivity (Wildman–Crippen MR) is 74.6 cm³/mol. The molecule has 18 heavy (non-hydrogen) atoms. The van der Waals surface area contributed by atoms with Gasteiger partial charge in [0.15, 0.2) is 0 Å². The van der Waals surface area contributed by atoms with Crippen LogP contribution in [0.2, 0.25) is 0 Å². The van der Waals surface area contributed by atoms with E-state index < -0.39 is 0 Å². The van der Waals surface area contributed by atoms with Crippen LogP contribution in [0.15, 0.2) is 18.2 Å². The minimum Gasteiger partial charge on any atom is -0.365 e. The van der Waals surface area contributed by atoms with Crippen LogP contribution in [0.3, 0.4) is 0 Å². The molecule has 1 aromatic rings. The maximum absolute atomic E-state index is 13.4. The summed E-state index contributed by atoms with van der Waals surface area (Å²) in [5.74, 6) is -0.124. The third kappa shape index (κ3) is 2.66. The molecule has 1 fully saturated rings. The predicted octanol–water partition coefficient (Wildman–Crippen LogP) is 3.10. The SMILES string of the molecule is CCC1CNC(C)(C)CN1c1ccc(F)c(C)c1. The molecule has 0 aromatic heterocycles. The van der Waals surface area contributed by atoms with Crippen molar-refractivity contribution in [3.05, 3.63) is 29.6 Å². The molecular formula is C15H23FN2. The van der Waals surface area contributed by atoms with Crippen LogP contribution >= 0.6 is 0 Å². The molecular weight excluding hydrogens is 227 g/mol. The highest BCUT2D eigenvalue weighted by Crippen LogP contribution is 2.26. The van der Waals surface area contributed by atoms with Gasteiger partial charge in [-0.05, 0) is 51.0 Å². The van der Waals surface area contributed by atoms with Crippen LogP contribution < -0.4 is 10.2 Å². The lowest BCUT2D eigenvalue weighted by molar-refractivity contribution is 0.306. The van der Waals surface area contributed by atoms with Crippen molar-refractivity contribution < 1.29 is 4.39 Å². The molecule has 1 unspecified atom stereocenters. The molecule has 3 heteroatoms. The molecule has 0 bridgehead atoms. The van der Waals surface area contributed by atoms with Gasteiger partial charge in [0.25, 0.3) is 0 Å². The minimum absolute atomic E-state index is 0.105. The number of nitrogens with zero attached hydrogens (tertiary/aromatic N) is 1. The van der Waals surface area contributed by atoms with Crippen molar-refractivity contribution in [2.45, 2.75) is 45.7 Å².